The van der Waals surface area contributed by atoms with Gasteiger partial charge >= 0.3 is 0 Å². The SMILES string of the molecule is CN(Cc1ccc2c(c1)OCO2)c1cc(N2CCCC2CO)ncn1. The highest BCUT2D eigenvalue weighted by Crippen LogP contribution is 2.33. The molecule has 2 aromatic rings. The molecule has 1 saturated heterocycles. The standard InChI is InChI=1S/C18H22N4O3/c1-21(9-13-4-5-15-16(7-13)25-12-24-15)17-8-18(20-11-19-17)22-6-2-3-14(22)10-23/h4-5,7-8,11,14,23H,2-3,6,9-10,12H2,1H3. The Bertz CT molecular complexity index is 755. The smallest absolute Gasteiger partial charge is 0.231 e. The molecule has 0 spiro atoms. The van der Waals surface area contributed by atoms with Crippen molar-refractivity contribution >= 4 is 11.6 Å². The molecule has 1 unspecified atom stereocenters. The molecule has 132 valence electrons. The van der Waals surface area contributed by atoms with E-state index in [1.165, 1.54) is 0 Å². The lowest BCUT2D eigenvalue weighted by molar-refractivity contribution is 0.174. The highest BCUT2D eigenvalue weighted by atomic mass is 16.7. The van der Waals surface area contributed by atoms with Crippen LogP contribution in [0.3, 0.4) is 0 Å². The monoisotopic (exact) mass is 342 g/mol. The van der Waals surface area contributed by atoms with Gasteiger partial charge in [-0.15, -0.1) is 0 Å². The van der Waals surface area contributed by atoms with E-state index >= 15 is 0 Å². The van der Waals surface area contributed by atoms with Crippen LogP contribution in [0.5, 0.6) is 11.5 Å². The largest absolute Gasteiger partial charge is 0.454 e. The van der Waals surface area contributed by atoms with Crippen molar-refractivity contribution in [3.8, 4) is 11.5 Å². The van der Waals surface area contributed by atoms with Gasteiger partial charge in [0.25, 0.3) is 0 Å². The van der Waals surface area contributed by atoms with Crippen LogP contribution in [0.2, 0.25) is 0 Å². The van der Waals surface area contributed by atoms with Crippen LogP contribution >= 0.6 is 0 Å². The van der Waals surface area contributed by atoms with Gasteiger partial charge in [-0.05, 0) is 30.5 Å². The molecule has 25 heavy (non-hydrogen) atoms. The molecule has 0 amide bonds. The summed E-state index contributed by atoms with van der Waals surface area (Å²) in [5.41, 5.74) is 1.13. The number of hydrogen-bond acceptors (Lipinski definition) is 7. The third-order valence-corrected chi connectivity index (χ3v) is 4.77. The molecule has 7 heteroatoms. The Morgan fingerprint density at radius 3 is 3.00 bits per heavy atom. The molecule has 7 nitrogen and oxygen atoms in total. The Kier molecular flexibility index (Phi) is 4.31. The van der Waals surface area contributed by atoms with Gasteiger partial charge in [0.15, 0.2) is 11.5 Å². The van der Waals surface area contributed by atoms with E-state index in [0.717, 1.165) is 48.1 Å². The average Bonchev–Trinajstić information content (AvgIpc) is 3.30. The fraction of sp³-hybridized carbons (Fsp3) is 0.444. The van der Waals surface area contributed by atoms with Crippen LogP contribution in [0, 0.1) is 0 Å². The second-order valence-electron chi connectivity index (χ2n) is 6.45. The van der Waals surface area contributed by atoms with Crippen molar-refractivity contribution in [1.29, 1.82) is 0 Å². The summed E-state index contributed by atoms with van der Waals surface area (Å²) in [6.07, 6.45) is 3.67. The second-order valence-corrected chi connectivity index (χ2v) is 6.45. The molecular formula is C18H22N4O3. The maximum Gasteiger partial charge on any atom is 0.231 e. The fourth-order valence-electron chi connectivity index (χ4n) is 3.42. The molecule has 2 aliphatic heterocycles. The van der Waals surface area contributed by atoms with Gasteiger partial charge in [-0.1, -0.05) is 6.07 Å². The quantitative estimate of drug-likeness (QED) is 0.888. The lowest BCUT2D eigenvalue weighted by Gasteiger charge is -2.25. The summed E-state index contributed by atoms with van der Waals surface area (Å²) in [6, 6.07) is 8.12. The van der Waals surface area contributed by atoms with E-state index in [1.807, 2.05) is 31.3 Å². The zero-order valence-electron chi connectivity index (χ0n) is 14.3. The van der Waals surface area contributed by atoms with Crippen molar-refractivity contribution in [3.63, 3.8) is 0 Å². The van der Waals surface area contributed by atoms with Gasteiger partial charge in [0.05, 0.1) is 12.6 Å². The average molecular weight is 342 g/mol. The minimum atomic E-state index is 0.155. The van der Waals surface area contributed by atoms with Gasteiger partial charge in [0, 0.05) is 26.2 Å². The maximum atomic E-state index is 9.53. The van der Waals surface area contributed by atoms with Crippen molar-refractivity contribution in [1.82, 2.24) is 9.97 Å². The van der Waals surface area contributed by atoms with Crippen molar-refractivity contribution in [2.45, 2.75) is 25.4 Å². The fourth-order valence-corrected chi connectivity index (χ4v) is 3.42. The Morgan fingerprint density at radius 2 is 2.12 bits per heavy atom. The van der Waals surface area contributed by atoms with Crippen molar-refractivity contribution in [2.24, 2.45) is 0 Å². The molecule has 3 heterocycles. The predicted octanol–water partition coefficient (Wildman–Crippen LogP) is 1.80. The lowest BCUT2D eigenvalue weighted by Crippen LogP contribution is -2.33. The number of ether oxygens (including phenoxy) is 2. The highest BCUT2D eigenvalue weighted by molar-refractivity contribution is 5.52. The zero-order valence-corrected chi connectivity index (χ0v) is 14.3. The number of fused-ring (bicyclic) bond motifs is 1. The van der Waals surface area contributed by atoms with Crippen LogP contribution in [-0.4, -0.2) is 48.1 Å². The van der Waals surface area contributed by atoms with Gasteiger partial charge in [0.2, 0.25) is 6.79 Å². The number of hydrogen-bond donors (Lipinski definition) is 1. The van der Waals surface area contributed by atoms with E-state index in [2.05, 4.69) is 19.8 Å². The molecule has 1 aromatic carbocycles. The first-order valence-electron chi connectivity index (χ1n) is 8.54. The predicted molar refractivity (Wildman–Crippen MR) is 94.2 cm³/mol. The number of anilines is 2. The first kappa shape index (κ1) is 16.0. The van der Waals surface area contributed by atoms with Crippen LogP contribution in [0.1, 0.15) is 18.4 Å². The summed E-state index contributed by atoms with van der Waals surface area (Å²) in [5.74, 6) is 3.31. The van der Waals surface area contributed by atoms with Crippen molar-refractivity contribution in [3.05, 3.63) is 36.2 Å². The number of benzene rings is 1. The van der Waals surface area contributed by atoms with E-state index in [1.54, 1.807) is 6.33 Å². The van der Waals surface area contributed by atoms with Gasteiger partial charge in [-0.25, -0.2) is 9.97 Å². The van der Waals surface area contributed by atoms with Crippen LogP contribution in [-0.2, 0) is 6.54 Å². The van der Waals surface area contributed by atoms with Gasteiger partial charge < -0.3 is 24.4 Å². The topological polar surface area (TPSA) is 71.0 Å². The molecule has 0 bridgehead atoms. The first-order chi connectivity index (χ1) is 12.2. The van der Waals surface area contributed by atoms with Crippen LogP contribution in [0.4, 0.5) is 11.6 Å². The normalized spacial score (nSPS) is 18.6. The minimum absolute atomic E-state index is 0.155. The molecule has 1 N–H and O–H groups in total. The summed E-state index contributed by atoms with van der Waals surface area (Å²) in [6.45, 7) is 2.07. The number of aliphatic hydroxyl groups excluding tert-OH is 1. The van der Waals surface area contributed by atoms with Gasteiger partial charge in [-0.2, -0.15) is 0 Å². The van der Waals surface area contributed by atoms with Crippen molar-refractivity contribution < 1.29 is 14.6 Å². The van der Waals surface area contributed by atoms with E-state index < -0.39 is 0 Å². The molecule has 1 fully saturated rings. The molecule has 4 rings (SSSR count). The van der Waals surface area contributed by atoms with E-state index in [4.69, 9.17) is 9.47 Å². The number of aliphatic hydroxyl groups is 1. The van der Waals surface area contributed by atoms with E-state index in [0.29, 0.717) is 6.54 Å². The molecule has 0 saturated carbocycles. The lowest BCUT2D eigenvalue weighted by atomic mass is 10.2. The molecule has 2 aliphatic rings. The summed E-state index contributed by atoms with van der Waals surface area (Å²) in [7, 11) is 2.00. The van der Waals surface area contributed by atoms with Crippen LogP contribution in [0.15, 0.2) is 30.6 Å². The molecule has 0 radical (unpaired) electrons. The van der Waals surface area contributed by atoms with Gasteiger partial charge in [0.1, 0.15) is 18.0 Å². The van der Waals surface area contributed by atoms with E-state index in [-0.39, 0.29) is 19.4 Å². The van der Waals surface area contributed by atoms with E-state index in [9.17, 15) is 5.11 Å². The Morgan fingerprint density at radius 1 is 1.24 bits per heavy atom. The second kappa shape index (κ2) is 6.76. The Labute approximate surface area is 146 Å². The Hall–Kier alpha value is -2.54. The summed E-state index contributed by atoms with van der Waals surface area (Å²) in [4.78, 5) is 13.0. The zero-order chi connectivity index (χ0) is 17.2. The first-order valence-corrected chi connectivity index (χ1v) is 8.54. The van der Waals surface area contributed by atoms with Crippen LogP contribution < -0.4 is 19.3 Å². The number of rotatable bonds is 5. The minimum Gasteiger partial charge on any atom is -0.454 e. The molecule has 0 aliphatic carbocycles. The maximum absolute atomic E-state index is 9.53. The van der Waals surface area contributed by atoms with Gasteiger partial charge in [-0.3, -0.25) is 0 Å². The third-order valence-electron chi connectivity index (χ3n) is 4.77. The molecule has 1 aromatic heterocycles. The summed E-state index contributed by atoms with van der Waals surface area (Å²) in [5, 5.41) is 9.53. The Balaban J connectivity index is 1.50. The van der Waals surface area contributed by atoms with Crippen molar-refractivity contribution in [2.75, 3.05) is 36.8 Å². The highest BCUT2D eigenvalue weighted by Gasteiger charge is 2.25. The summed E-state index contributed by atoms with van der Waals surface area (Å²) >= 11 is 0. The van der Waals surface area contributed by atoms with Crippen LogP contribution in [0.25, 0.3) is 0 Å². The number of nitrogens with zero attached hydrogens (tertiary/aromatic N) is 4. The molecule has 1 atom stereocenters. The molecular weight excluding hydrogens is 320 g/mol. The number of aromatic nitrogens is 2. The third kappa shape index (κ3) is 3.19. The summed E-state index contributed by atoms with van der Waals surface area (Å²) < 4.78 is 10.8.